The van der Waals surface area contributed by atoms with Crippen molar-refractivity contribution < 1.29 is 18.0 Å². The zero-order valence-electron chi connectivity index (χ0n) is 10.4. The number of halogens is 3. The monoisotopic (exact) mass is 283 g/mol. The van der Waals surface area contributed by atoms with Gasteiger partial charge in [0.1, 0.15) is 0 Å². The standard InChI is InChI=1S/C13H12F3N3O/c14-13(15,16)10-5-8(6-17)1-2-11(10)19-4-3-9(7-19)12(18)20/h1-2,5,9H,3-4,7H2,(H2,18,20). The number of rotatable bonds is 2. The first kappa shape index (κ1) is 14.2. The van der Waals surface area contributed by atoms with Gasteiger partial charge in [0.05, 0.1) is 23.1 Å². The molecule has 0 spiro atoms. The number of nitrogens with two attached hydrogens (primary N) is 1. The average Bonchev–Trinajstić information content (AvgIpc) is 2.86. The smallest absolute Gasteiger partial charge is 0.370 e. The van der Waals surface area contributed by atoms with E-state index in [0.29, 0.717) is 13.0 Å². The van der Waals surface area contributed by atoms with Gasteiger partial charge in [-0.05, 0) is 24.6 Å². The highest BCUT2D eigenvalue weighted by Crippen LogP contribution is 2.38. The summed E-state index contributed by atoms with van der Waals surface area (Å²) in [5.74, 6) is -0.943. The summed E-state index contributed by atoms with van der Waals surface area (Å²) < 4.78 is 39.1. The Bertz CT molecular complexity index is 577. The molecule has 20 heavy (non-hydrogen) atoms. The van der Waals surface area contributed by atoms with Crippen LogP contribution in [0.15, 0.2) is 18.2 Å². The van der Waals surface area contributed by atoms with Gasteiger partial charge in [-0.25, -0.2) is 0 Å². The third-order valence-electron chi connectivity index (χ3n) is 3.36. The number of hydrogen-bond acceptors (Lipinski definition) is 3. The highest BCUT2D eigenvalue weighted by Gasteiger charge is 2.37. The van der Waals surface area contributed by atoms with E-state index in [1.54, 1.807) is 6.07 Å². The maximum Gasteiger partial charge on any atom is 0.418 e. The fourth-order valence-corrected chi connectivity index (χ4v) is 2.32. The lowest BCUT2D eigenvalue weighted by molar-refractivity contribution is -0.137. The second kappa shape index (κ2) is 5.04. The minimum Gasteiger partial charge on any atom is -0.370 e. The van der Waals surface area contributed by atoms with Crippen LogP contribution in [-0.4, -0.2) is 19.0 Å². The molecule has 1 atom stereocenters. The zero-order chi connectivity index (χ0) is 14.9. The molecule has 1 aliphatic heterocycles. The van der Waals surface area contributed by atoms with Crippen molar-refractivity contribution in [3.05, 3.63) is 29.3 Å². The summed E-state index contributed by atoms with van der Waals surface area (Å²) in [5, 5.41) is 8.71. The minimum atomic E-state index is -4.55. The molecule has 1 heterocycles. The van der Waals surface area contributed by atoms with E-state index in [1.165, 1.54) is 17.0 Å². The van der Waals surface area contributed by atoms with Crippen molar-refractivity contribution in [1.29, 1.82) is 5.26 Å². The molecule has 0 radical (unpaired) electrons. The molecule has 0 aliphatic carbocycles. The molecule has 2 N–H and O–H groups in total. The van der Waals surface area contributed by atoms with Crippen LogP contribution in [0, 0.1) is 17.2 Å². The lowest BCUT2D eigenvalue weighted by atomic mass is 10.1. The molecule has 0 aromatic heterocycles. The average molecular weight is 283 g/mol. The van der Waals surface area contributed by atoms with Crippen molar-refractivity contribution in [3.8, 4) is 6.07 Å². The molecule has 1 unspecified atom stereocenters. The lowest BCUT2D eigenvalue weighted by Gasteiger charge is -2.23. The number of carbonyl (C=O) groups is 1. The Morgan fingerprint density at radius 2 is 2.15 bits per heavy atom. The first-order valence-corrected chi connectivity index (χ1v) is 5.98. The minimum absolute atomic E-state index is 0.0137. The summed E-state index contributed by atoms with van der Waals surface area (Å²) in [6.07, 6.45) is -4.11. The number of nitriles is 1. The number of anilines is 1. The van der Waals surface area contributed by atoms with E-state index in [1.807, 2.05) is 0 Å². The lowest BCUT2D eigenvalue weighted by Crippen LogP contribution is -2.28. The van der Waals surface area contributed by atoms with Gasteiger partial charge in [0.2, 0.25) is 5.91 Å². The first-order chi connectivity index (χ1) is 9.32. The van der Waals surface area contributed by atoms with E-state index in [-0.39, 0.29) is 17.8 Å². The molecule has 1 aliphatic rings. The van der Waals surface area contributed by atoms with E-state index in [9.17, 15) is 18.0 Å². The molecule has 1 amide bonds. The van der Waals surface area contributed by atoms with Crippen LogP contribution in [0.4, 0.5) is 18.9 Å². The fourth-order valence-electron chi connectivity index (χ4n) is 2.32. The molecule has 2 rings (SSSR count). The number of amides is 1. The second-order valence-electron chi connectivity index (χ2n) is 4.68. The Hall–Kier alpha value is -2.23. The number of carbonyl (C=O) groups excluding carboxylic acids is 1. The maximum absolute atomic E-state index is 13.0. The van der Waals surface area contributed by atoms with Gasteiger partial charge in [-0.1, -0.05) is 0 Å². The van der Waals surface area contributed by atoms with Crippen molar-refractivity contribution in [3.63, 3.8) is 0 Å². The van der Waals surface area contributed by atoms with E-state index in [0.717, 1.165) is 6.07 Å². The van der Waals surface area contributed by atoms with Gasteiger partial charge in [0.15, 0.2) is 0 Å². The number of nitrogens with zero attached hydrogens (tertiary/aromatic N) is 2. The van der Waals surface area contributed by atoms with Crippen molar-refractivity contribution in [1.82, 2.24) is 0 Å². The van der Waals surface area contributed by atoms with Crippen molar-refractivity contribution in [2.24, 2.45) is 11.7 Å². The topological polar surface area (TPSA) is 70.1 Å². The van der Waals surface area contributed by atoms with E-state index < -0.39 is 23.6 Å². The third-order valence-corrected chi connectivity index (χ3v) is 3.36. The van der Waals surface area contributed by atoms with Gasteiger partial charge < -0.3 is 10.6 Å². The van der Waals surface area contributed by atoms with Crippen LogP contribution in [0.1, 0.15) is 17.5 Å². The molecule has 1 saturated heterocycles. The predicted molar refractivity (Wildman–Crippen MR) is 65.7 cm³/mol. The number of alkyl halides is 3. The molecule has 1 aromatic carbocycles. The third kappa shape index (κ3) is 2.69. The normalized spacial score (nSPS) is 18.9. The quantitative estimate of drug-likeness (QED) is 0.901. The molecule has 0 bridgehead atoms. The highest BCUT2D eigenvalue weighted by atomic mass is 19.4. The summed E-state index contributed by atoms with van der Waals surface area (Å²) in [7, 11) is 0. The highest BCUT2D eigenvalue weighted by molar-refractivity contribution is 5.78. The zero-order valence-corrected chi connectivity index (χ0v) is 10.4. The molecule has 106 valence electrons. The fraction of sp³-hybridized carbons (Fsp3) is 0.385. The van der Waals surface area contributed by atoms with Crippen LogP contribution in [0.5, 0.6) is 0 Å². The van der Waals surface area contributed by atoms with Gasteiger partial charge in [-0.3, -0.25) is 4.79 Å². The number of benzene rings is 1. The molecule has 1 fully saturated rings. The summed E-state index contributed by atoms with van der Waals surface area (Å²) in [5.41, 5.74) is 4.25. The molecule has 1 aromatic rings. The molecule has 7 heteroatoms. The Balaban J connectivity index is 2.38. The van der Waals surface area contributed by atoms with Crippen LogP contribution in [0.25, 0.3) is 0 Å². The van der Waals surface area contributed by atoms with E-state index in [4.69, 9.17) is 11.0 Å². The summed E-state index contributed by atoms with van der Waals surface area (Å²) >= 11 is 0. The van der Waals surface area contributed by atoms with Gasteiger partial charge in [-0.2, -0.15) is 18.4 Å². The van der Waals surface area contributed by atoms with Crippen LogP contribution in [-0.2, 0) is 11.0 Å². The number of hydrogen-bond donors (Lipinski definition) is 1. The number of primary amides is 1. The Labute approximate surface area is 113 Å². The van der Waals surface area contributed by atoms with Crippen molar-refractivity contribution in [2.45, 2.75) is 12.6 Å². The maximum atomic E-state index is 13.0. The van der Waals surface area contributed by atoms with Crippen LogP contribution in [0.2, 0.25) is 0 Å². The van der Waals surface area contributed by atoms with E-state index in [2.05, 4.69) is 0 Å². The SMILES string of the molecule is N#Cc1ccc(N2CCC(C(N)=O)C2)c(C(F)(F)F)c1. The first-order valence-electron chi connectivity index (χ1n) is 5.98. The second-order valence-corrected chi connectivity index (χ2v) is 4.68. The van der Waals surface area contributed by atoms with Gasteiger partial charge in [0.25, 0.3) is 0 Å². The van der Waals surface area contributed by atoms with E-state index >= 15 is 0 Å². The largest absolute Gasteiger partial charge is 0.418 e. The van der Waals surface area contributed by atoms with Gasteiger partial charge in [-0.15, -0.1) is 0 Å². The summed E-state index contributed by atoms with van der Waals surface area (Å²) in [6, 6.07) is 5.12. The van der Waals surface area contributed by atoms with Crippen molar-refractivity contribution >= 4 is 11.6 Å². The van der Waals surface area contributed by atoms with Crippen LogP contribution < -0.4 is 10.6 Å². The molecular weight excluding hydrogens is 271 g/mol. The Morgan fingerprint density at radius 1 is 1.45 bits per heavy atom. The molecule has 0 saturated carbocycles. The van der Waals surface area contributed by atoms with Gasteiger partial charge in [0, 0.05) is 18.8 Å². The molecular formula is C13H12F3N3O. The van der Waals surface area contributed by atoms with Crippen LogP contribution in [0.3, 0.4) is 0 Å². The molecule has 4 nitrogen and oxygen atoms in total. The Kier molecular flexibility index (Phi) is 3.57. The summed E-state index contributed by atoms with van der Waals surface area (Å²) in [4.78, 5) is 12.6. The Morgan fingerprint density at radius 3 is 2.65 bits per heavy atom. The van der Waals surface area contributed by atoms with Crippen molar-refractivity contribution in [2.75, 3.05) is 18.0 Å². The summed E-state index contributed by atoms with van der Waals surface area (Å²) in [6.45, 7) is 0.507. The van der Waals surface area contributed by atoms with Crippen LogP contribution >= 0.6 is 0 Å². The van der Waals surface area contributed by atoms with Gasteiger partial charge >= 0.3 is 6.18 Å². The predicted octanol–water partition coefficient (Wildman–Crippen LogP) is 1.89.